The van der Waals surface area contributed by atoms with Crippen molar-refractivity contribution < 1.29 is 22.7 Å². The maximum absolute atomic E-state index is 12.2. The van der Waals surface area contributed by atoms with Crippen molar-refractivity contribution in [1.29, 1.82) is 0 Å². The fraction of sp³-hybridized carbons (Fsp3) is 0.909. The first-order chi connectivity index (χ1) is 8.96. The van der Waals surface area contributed by atoms with Gasteiger partial charge in [0.25, 0.3) is 0 Å². The van der Waals surface area contributed by atoms with Crippen LogP contribution in [0.4, 0.5) is 18.0 Å². The summed E-state index contributed by atoms with van der Waals surface area (Å²) < 4.78 is 41.9. The lowest BCUT2D eigenvalue weighted by atomic mass is 10.3. The number of hydrogen-bond donors (Lipinski definition) is 0. The van der Waals surface area contributed by atoms with Crippen molar-refractivity contribution in [3.8, 4) is 0 Å². The van der Waals surface area contributed by atoms with Crippen LogP contribution in [0.25, 0.3) is 0 Å². The van der Waals surface area contributed by atoms with E-state index in [1.165, 1.54) is 4.90 Å². The van der Waals surface area contributed by atoms with E-state index in [2.05, 4.69) is 0 Å². The summed E-state index contributed by atoms with van der Waals surface area (Å²) in [4.78, 5) is 16.8. The van der Waals surface area contributed by atoms with Crippen molar-refractivity contribution in [2.24, 2.45) is 0 Å². The molecule has 2 heterocycles. The summed E-state index contributed by atoms with van der Waals surface area (Å²) >= 11 is 0. The number of rotatable bonds is 1. The van der Waals surface area contributed by atoms with E-state index in [0.29, 0.717) is 39.4 Å². The van der Waals surface area contributed by atoms with Gasteiger partial charge < -0.3 is 14.5 Å². The van der Waals surface area contributed by atoms with Gasteiger partial charge in [-0.1, -0.05) is 0 Å². The van der Waals surface area contributed by atoms with Crippen molar-refractivity contribution in [2.45, 2.75) is 6.18 Å². The number of carbonyl (C=O) groups is 1. The number of ether oxygens (including phenoxy) is 1. The number of halogens is 3. The van der Waals surface area contributed by atoms with Crippen LogP contribution in [0, 0.1) is 0 Å². The van der Waals surface area contributed by atoms with Crippen LogP contribution < -0.4 is 0 Å². The molecular weight excluding hydrogens is 263 g/mol. The maximum Gasteiger partial charge on any atom is 0.401 e. The molecule has 2 saturated heterocycles. The van der Waals surface area contributed by atoms with Gasteiger partial charge >= 0.3 is 12.2 Å². The van der Waals surface area contributed by atoms with Crippen molar-refractivity contribution in [2.75, 3.05) is 59.0 Å². The van der Waals surface area contributed by atoms with Gasteiger partial charge in [-0.2, -0.15) is 13.2 Å². The van der Waals surface area contributed by atoms with Crippen LogP contribution in [-0.4, -0.2) is 85.9 Å². The van der Waals surface area contributed by atoms with Crippen LogP contribution in [0.5, 0.6) is 0 Å². The minimum Gasteiger partial charge on any atom is -0.378 e. The first-order valence-corrected chi connectivity index (χ1v) is 6.36. The molecule has 2 aliphatic rings. The Hall–Kier alpha value is -1.02. The molecule has 8 heteroatoms. The standard InChI is InChI=1S/C11H18F3N3O2/c12-11(13,14)9-15-1-3-16(4-2-15)10(18)17-5-7-19-8-6-17/h1-9H2. The number of piperazine rings is 1. The van der Waals surface area contributed by atoms with E-state index in [0.717, 1.165) is 0 Å². The molecule has 0 aromatic heterocycles. The molecule has 0 aliphatic carbocycles. The monoisotopic (exact) mass is 281 g/mol. The van der Waals surface area contributed by atoms with Crippen molar-refractivity contribution in [1.82, 2.24) is 14.7 Å². The zero-order chi connectivity index (χ0) is 13.9. The van der Waals surface area contributed by atoms with Gasteiger partial charge in [-0.05, 0) is 0 Å². The van der Waals surface area contributed by atoms with Crippen LogP contribution in [0.1, 0.15) is 0 Å². The third kappa shape index (κ3) is 4.24. The second kappa shape index (κ2) is 5.96. The second-order valence-electron chi connectivity index (χ2n) is 4.76. The lowest BCUT2D eigenvalue weighted by molar-refractivity contribution is -0.148. The summed E-state index contributed by atoms with van der Waals surface area (Å²) in [6.45, 7) is 2.53. The van der Waals surface area contributed by atoms with Crippen LogP contribution >= 0.6 is 0 Å². The molecule has 0 radical (unpaired) electrons. The molecule has 2 fully saturated rings. The number of hydrogen-bond acceptors (Lipinski definition) is 3. The summed E-state index contributed by atoms with van der Waals surface area (Å²) in [5.41, 5.74) is 0. The largest absolute Gasteiger partial charge is 0.401 e. The number of carbonyl (C=O) groups excluding carboxylic acids is 1. The summed E-state index contributed by atoms with van der Waals surface area (Å²) in [6, 6.07) is -0.0880. The molecule has 0 spiro atoms. The molecule has 5 nitrogen and oxygen atoms in total. The Bertz CT molecular complexity index is 311. The molecule has 2 rings (SSSR count). The third-order valence-corrected chi connectivity index (χ3v) is 3.33. The molecule has 110 valence electrons. The molecule has 0 saturated carbocycles. The van der Waals surface area contributed by atoms with Gasteiger partial charge in [0, 0.05) is 39.3 Å². The zero-order valence-electron chi connectivity index (χ0n) is 10.7. The van der Waals surface area contributed by atoms with Gasteiger partial charge in [-0.3, -0.25) is 4.90 Å². The van der Waals surface area contributed by atoms with Crippen LogP contribution in [-0.2, 0) is 4.74 Å². The fourth-order valence-electron chi connectivity index (χ4n) is 2.31. The Kier molecular flexibility index (Phi) is 4.51. The molecule has 0 aromatic carbocycles. The molecule has 0 atom stereocenters. The topological polar surface area (TPSA) is 36.0 Å². The summed E-state index contributed by atoms with van der Waals surface area (Å²) in [5.74, 6) is 0. The highest BCUT2D eigenvalue weighted by atomic mass is 19.4. The van der Waals surface area contributed by atoms with E-state index in [4.69, 9.17) is 4.74 Å². The average Bonchev–Trinajstić information content (AvgIpc) is 2.38. The lowest BCUT2D eigenvalue weighted by Gasteiger charge is -2.38. The lowest BCUT2D eigenvalue weighted by Crippen LogP contribution is -2.55. The molecule has 2 amide bonds. The molecule has 0 bridgehead atoms. The van der Waals surface area contributed by atoms with Gasteiger partial charge in [0.05, 0.1) is 19.8 Å². The normalized spacial score (nSPS) is 22.7. The minimum absolute atomic E-state index is 0.0880. The summed E-state index contributed by atoms with van der Waals surface area (Å²) in [6.07, 6.45) is -4.17. The molecule has 19 heavy (non-hydrogen) atoms. The third-order valence-electron chi connectivity index (χ3n) is 3.33. The Morgan fingerprint density at radius 2 is 1.47 bits per heavy atom. The first kappa shape index (κ1) is 14.4. The van der Waals surface area contributed by atoms with Crippen molar-refractivity contribution >= 4 is 6.03 Å². The highest BCUT2D eigenvalue weighted by Crippen LogP contribution is 2.17. The zero-order valence-corrected chi connectivity index (χ0v) is 10.7. The average molecular weight is 281 g/mol. The number of morpholine rings is 1. The highest BCUT2D eigenvalue weighted by molar-refractivity contribution is 5.74. The Morgan fingerprint density at radius 1 is 0.947 bits per heavy atom. The Balaban J connectivity index is 1.77. The highest BCUT2D eigenvalue weighted by Gasteiger charge is 2.33. The first-order valence-electron chi connectivity index (χ1n) is 6.36. The smallest absolute Gasteiger partial charge is 0.378 e. The molecule has 0 unspecified atom stereocenters. The number of urea groups is 1. The van der Waals surface area contributed by atoms with E-state index in [9.17, 15) is 18.0 Å². The number of alkyl halides is 3. The van der Waals surface area contributed by atoms with Gasteiger partial charge in [0.15, 0.2) is 0 Å². The fourth-order valence-corrected chi connectivity index (χ4v) is 2.31. The van der Waals surface area contributed by atoms with Crippen molar-refractivity contribution in [3.05, 3.63) is 0 Å². The Morgan fingerprint density at radius 3 is 2.00 bits per heavy atom. The van der Waals surface area contributed by atoms with Crippen molar-refractivity contribution in [3.63, 3.8) is 0 Å². The summed E-state index contributed by atoms with van der Waals surface area (Å²) in [7, 11) is 0. The van der Waals surface area contributed by atoms with E-state index in [1.807, 2.05) is 0 Å². The van der Waals surface area contributed by atoms with Crippen LogP contribution in [0.2, 0.25) is 0 Å². The predicted octanol–water partition coefficient (Wildman–Crippen LogP) is 0.619. The molecular formula is C11H18F3N3O2. The SMILES string of the molecule is O=C(N1CCOCC1)N1CCN(CC(F)(F)F)CC1. The van der Waals surface area contributed by atoms with Gasteiger partial charge in [-0.15, -0.1) is 0 Å². The van der Waals surface area contributed by atoms with Gasteiger partial charge in [-0.25, -0.2) is 4.79 Å². The summed E-state index contributed by atoms with van der Waals surface area (Å²) in [5, 5.41) is 0. The van der Waals surface area contributed by atoms with Crippen LogP contribution in [0.15, 0.2) is 0 Å². The molecule has 0 aromatic rings. The second-order valence-corrected chi connectivity index (χ2v) is 4.76. The predicted molar refractivity (Wildman–Crippen MR) is 61.9 cm³/mol. The molecule has 2 aliphatic heterocycles. The van der Waals surface area contributed by atoms with E-state index >= 15 is 0 Å². The van der Waals surface area contributed by atoms with E-state index < -0.39 is 12.7 Å². The van der Waals surface area contributed by atoms with Gasteiger partial charge in [0.2, 0.25) is 0 Å². The minimum atomic E-state index is -4.17. The quantitative estimate of drug-likeness (QED) is 0.707. The Labute approximate surface area is 109 Å². The number of amides is 2. The molecule has 0 N–H and O–H groups in total. The van der Waals surface area contributed by atoms with Gasteiger partial charge in [0.1, 0.15) is 0 Å². The maximum atomic E-state index is 12.2. The van der Waals surface area contributed by atoms with E-state index in [-0.39, 0.29) is 19.1 Å². The number of nitrogens with zero attached hydrogens (tertiary/aromatic N) is 3. The van der Waals surface area contributed by atoms with Crippen LogP contribution in [0.3, 0.4) is 0 Å². The van der Waals surface area contributed by atoms with E-state index in [1.54, 1.807) is 9.80 Å².